The zero-order valence-electron chi connectivity index (χ0n) is 5.49. The van der Waals surface area contributed by atoms with E-state index in [4.69, 9.17) is 23.8 Å². The predicted octanol–water partition coefficient (Wildman–Crippen LogP) is 2.99. The molecule has 48 valence electrons. The highest BCUT2D eigenvalue weighted by molar-refractivity contribution is 7.83. The van der Waals surface area contributed by atoms with Gasteiger partial charge in [-0.05, 0) is 6.42 Å². The summed E-state index contributed by atoms with van der Waals surface area (Å²) in [4.78, 5) is 0. The molecule has 0 heterocycles. The molecule has 0 radical (unpaired) electrons. The lowest BCUT2D eigenvalue weighted by atomic mass is 9.93. The fourth-order valence-corrected chi connectivity index (χ4v) is 0.417. The van der Waals surface area contributed by atoms with E-state index >= 15 is 0 Å². The van der Waals surface area contributed by atoms with Gasteiger partial charge >= 0.3 is 0 Å². The van der Waals surface area contributed by atoms with E-state index in [2.05, 4.69) is 6.92 Å². The van der Waals surface area contributed by atoms with E-state index in [1.165, 1.54) is 0 Å². The third-order valence-electron chi connectivity index (χ3n) is 1.42. The van der Waals surface area contributed by atoms with Gasteiger partial charge in [-0.25, -0.2) is 0 Å². The van der Waals surface area contributed by atoms with Crippen molar-refractivity contribution in [3.8, 4) is 0 Å². The first-order valence-corrected chi connectivity index (χ1v) is 3.49. The van der Waals surface area contributed by atoms with Gasteiger partial charge in [-0.3, -0.25) is 0 Å². The molecule has 0 fully saturated rings. The molecule has 0 aliphatic rings. The highest BCUT2D eigenvalue weighted by Gasteiger charge is 2.18. The fourth-order valence-electron chi connectivity index (χ4n) is 0.139. The SMILES string of the molecule is CCC(C)(C)C(=S)Cl. The van der Waals surface area contributed by atoms with E-state index in [0.29, 0.717) is 4.32 Å². The molecule has 0 saturated carbocycles. The van der Waals surface area contributed by atoms with Crippen LogP contribution < -0.4 is 0 Å². The predicted molar refractivity (Wildman–Crippen MR) is 42.5 cm³/mol. The van der Waals surface area contributed by atoms with Gasteiger partial charge in [0.25, 0.3) is 0 Å². The highest BCUT2D eigenvalue weighted by atomic mass is 35.5. The van der Waals surface area contributed by atoms with E-state index < -0.39 is 0 Å². The molecule has 0 unspecified atom stereocenters. The third kappa shape index (κ3) is 2.10. The zero-order valence-corrected chi connectivity index (χ0v) is 7.07. The van der Waals surface area contributed by atoms with E-state index in [0.717, 1.165) is 6.42 Å². The van der Waals surface area contributed by atoms with Gasteiger partial charge in [0.15, 0.2) is 0 Å². The molecule has 0 aromatic rings. The first-order chi connectivity index (χ1) is 3.50. The molecule has 0 aliphatic heterocycles. The van der Waals surface area contributed by atoms with Crippen LogP contribution in [0.15, 0.2) is 0 Å². The molecule has 0 aromatic carbocycles. The Kier molecular flexibility index (Phi) is 2.92. The first kappa shape index (κ1) is 8.38. The lowest BCUT2D eigenvalue weighted by Crippen LogP contribution is -2.15. The number of hydrogen-bond donors (Lipinski definition) is 0. The molecular weight excluding hydrogens is 140 g/mol. The van der Waals surface area contributed by atoms with Crippen LogP contribution in [0, 0.1) is 5.41 Å². The van der Waals surface area contributed by atoms with Crippen molar-refractivity contribution in [3.05, 3.63) is 0 Å². The van der Waals surface area contributed by atoms with Crippen LogP contribution in [0.2, 0.25) is 0 Å². The molecule has 0 aromatic heterocycles. The maximum absolute atomic E-state index is 5.60. The molecule has 0 saturated heterocycles. The fraction of sp³-hybridized carbons (Fsp3) is 0.833. The minimum atomic E-state index is 0.0386. The summed E-state index contributed by atoms with van der Waals surface area (Å²) in [5, 5.41) is 0. The molecule has 0 nitrogen and oxygen atoms in total. The standard InChI is InChI=1S/C6H11ClS/c1-4-6(2,3)5(7)8/h4H2,1-3H3. The van der Waals surface area contributed by atoms with Crippen molar-refractivity contribution in [2.45, 2.75) is 27.2 Å². The lowest BCUT2D eigenvalue weighted by molar-refractivity contribution is 0.517. The Morgan fingerprint density at radius 2 is 2.00 bits per heavy atom. The van der Waals surface area contributed by atoms with Gasteiger partial charge in [-0.15, -0.1) is 0 Å². The maximum Gasteiger partial charge on any atom is 0.0864 e. The average molecular weight is 151 g/mol. The van der Waals surface area contributed by atoms with Crippen LogP contribution in [0.3, 0.4) is 0 Å². The molecule has 0 rings (SSSR count). The molecular formula is C6H11ClS. The molecule has 0 atom stereocenters. The van der Waals surface area contributed by atoms with Crippen molar-refractivity contribution in [3.63, 3.8) is 0 Å². The second-order valence-corrected chi connectivity index (χ2v) is 3.52. The van der Waals surface area contributed by atoms with Crippen molar-refractivity contribution in [1.29, 1.82) is 0 Å². The summed E-state index contributed by atoms with van der Waals surface area (Å²) < 4.78 is 0.583. The van der Waals surface area contributed by atoms with Gasteiger partial charge in [0, 0.05) is 5.41 Å². The zero-order chi connectivity index (χ0) is 6.78. The minimum absolute atomic E-state index is 0.0386. The molecule has 2 heteroatoms. The number of thiocarbonyl (C=S) groups is 1. The van der Waals surface area contributed by atoms with E-state index in [9.17, 15) is 0 Å². The topological polar surface area (TPSA) is 0 Å². The van der Waals surface area contributed by atoms with Gasteiger partial charge in [-0.1, -0.05) is 44.6 Å². The highest BCUT2D eigenvalue weighted by Crippen LogP contribution is 2.23. The van der Waals surface area contributed by atoms with Crippen LogP contribution in [0.4, 0.5) is 0 Å². The molecule has 0 aliphatic carbocycles. The van der Waals surface area contributed by atoms with Crippen LogP contribution in [-0.4, -0.2) is 4.32 Å². The molecule has 0 amide bonds. The summed E-state index contributed by atoms with van der Waals surface area (Å²) in [5.41, 5.74) is 0.0386. The molecule has 0 spiro atoms. The monoisotopic (exact) mass is 150 g/mol. The Morgan fingerprint density at radius 1 is 1.62 bits per heavy atom. The molecule has 8 heavy (non-hydrogen) atoms. The maximum atomic E-state index is 5.60. The second-order valence-electron chi connectivity index (χ2n) is 2.51. The Morgan fingerprint density at radius 3 is 2.00 bits per heavy atom. The van der Waals surface area contributed by atoms with Crippen LogP contribution in [-0.2, 0) is 0 Å². The third-order valence-corrected chi connectivity index (χ3v) is 2.48. The lowest BCUT2D eigenvalue weighted by Gasteiger charge is -2.18. The second kappa shape index (κ2) is 2.79. The minimum Gasteiger partial charge on any atom is -0.0759 e. The van der Waals surface area contributed by atoms with Gasteiger partial charge in [0.2, 0.25) is 0 Å². The summed E-state index contributed by atoms with van der Waals surface area (Å²) in [6.45, 7) is 6.17. The molecule has 0 N–H and O–H groups in total. The van der Waals surface area contributed by atoms with E-state index in [1.54, 1.807) is 0 Å². The first-order valence-electron chi connectivity index (χ1n) is 2.70. The number of hydrogen-bond acceptors (Lipinski definition) is 1. The van der Waals surface area contributed by atoms with Crippen LogP contribution in [0.5, 0.6) is 0 Å². The Balaban J connectivity index is 3.91. The summed E-state index contributed by atoms with van der Waals surface area (Å²) in [7, 11) is 0. The van der Waals surface area contributed by atoms with Gasteiger partial charge in [0.05, 0.1) is 4.32 Å². The van der Waals surface area contributed by atoms with Gasteiger partial charge < -0.3 is 0 Å². The number of halogens is 1. The van der Waals surface area contributed by atoms with Gasteiger partial charge in [-0.2, -0.15) is 0 Å². The van der Waals surface area contributed by atoms with Crippen LogP contribution in [0.25, 0.3) is 0 Å². The average Bonchev–Trinajstić information content (AvgIpc) is 1.67. The Hall–Kier alpha value is 0.380. The van der Waals surface area contributed by atoms with Crippen molar-refractivity contribution >= 4 is 28.1 Å². The normalized spacial score (nSPS) is 11.5. The summed E-state index contributed by atoms with van der Waals surface area (Å²) >= 11 is 10.4. The van der Waals surface area contributed by atoms with Crippen molar-refractivity contribution in [2.24, 2.45) is 5.41 Å². The largest absolute Gasteiger partial charge is 0.0864 e. The van der Waals surface area contributed by atoms with Crippen LogP contribution in [0.1, 0.15) is 27.2 Å². The van der Waals surface area contributed by atoms with E-state index in [1.807, 2.05) is 13.8 Å². The Labute approximate surface area is 61.2 Å². The van der Waals surface area contributed by atoms with Crippen molar-refractivity contribution in [1.82, 2.24) is 0 Å². The van der Waals surface area contributed by atoms with Crippen molar-refractivity contribution < 1.29 is 0 Å². The van der Waals surface area contributed by atoms with Crippen molar-refractivity contribution in [2.75, 3.05) is 0 Å². The smallest absolute Gasteiger partial charge is 0.0759 e. The summed E-state index contributed by atoms with van der Waals surface area (Å²) in [5.74, 6) is 0. The number of rotatable bonds is 2. The summed E-state index contributed by atoms with van der Waals surface area (Å²) in [6.07, 6.45) is 1.01. The summed E-state index contributed by atoms with van der Waals surface area (Å²) in [6, 6.07) is 0. The van der Waals surface area contributed by atoms with Gasteiger partial charge in [0.1, 0.15) is 0 Å². The molecule has 0 bridgehead atoms. The van der Waals surface area contributed by atoms with E-state index in [-0.39, 0.29) is 5.41 Å². The Bertz CT molecular complexity index is 96.7. The quantitative estimate of drug-likeness (QED) is 0.431. The van der Waals surface area contributed by atoms with Crippen LogP contribution >= 0.6 is 23.8 Å².